The molecule has 41 heavy (non-hydrogen) atoms. The highest BCUT2D eigenvalue weighted by Gasteiger charge is 2.40. The number of nitro groups is 1. The minimum absolute atomic E-state index is 0.111. The number of carbonyl (C=O) groups excluding carboxylic acids is 1. The van der Waals surface area contributed by atoms with Crippen molar-refractivity contribution in [3.63, 3.8) is 0 Å². The fraction of sp³-hybridized carbons (Fsp3) is 0.296. The summed E-state index contributed by atoms with van der Waals surface area (Å²) < 4.78 is 11.7. The second-order valence-corrected chi connectivity index (χ2v) is 11.1. The molecule has 3 N–H and O–H groups in total. The normalized spacial score (nSPS) is 14.2. The monoisotopic (exact) mass is 647 g/mol. The summed E-state index contributed by atoms with van der Waals surface area (Å²) in [5.74, 6) is -3.54. The smallest absolute Gasteiger partial charge is 0.349 e. The van der Waals surface area contributed by atoms with Crippen LogP contribution in [0.2, 0.25) is 0 Å². The standard InChI is InChI=1S/C27H26BrN3O9S/c1-15-5-7-18(8-6-15)30(31(37)38)26(34)22(16-9-11-29-12-10-16)40-19-4-2-3-17(13-19)24-21(28)23(39-14-20(32)33)25(41-24)27(35)36/h2-8,13,16,22,29H,9-12,14H2,1H3,(H,32,33)(H,35,36). The van der Waals surface area contributed by atoms with Crippen molar-refractivity contribution in [1.82, 2.24) is 5.32 Å². The van der Waals surface area contributed by atoms with E-state index in [-0.39, 0.29) is 32.5 Å². The number of hydrogen-bond acceptors (Lipinski definition) is 9. The molecular weight excluding hydrogens is 622 g/mol. The van der Waals surface area contributed by atoms with E-state index >= 15 is 0 Å². The van der Waals surface area contributed by atoms with Crippen LogP contribution in [0.15, 0.2) is 53.0 Å². The van der Waals surface area contributed by atoms with Gasteiger partial charge in [0, 0.05) is 5.92 Å². The number of carboxylic acids is 2. The molecule has 1 fully saturated rings. The Morgan fingerprint density at radius 1 is 1.17 bits per heavy atom. The lowest BCUT2D eigenvalue weighted by Gasteiger charge is -2.31. The maximum Gasteiger partial charge on any atom is 0.349 e. The van der Waals surface area contributed by atoms with Crippen LogP contribution in [-0.4, -0.2) is 58.9 Å². The number of ether oxygens (including phenoxy) is 2. The van der Waals surface area contributed by atoms with Gasteiger partial charge in [0.2, 0.25) is 0 Å². The number of amides is 1. The molecule has 216 valence electrons. The summed E-state index contributed by atoms with van der Waals surface area (Å²) >= 11 is 4.21. The second kappa shape index (κ2) is 13.1. The van der Waals surface area contributed by atoms with E-state index in [9.17, 15) is 29.6 Å². The van der Waals surface area contributed by atoms with Gasteiger partial charge in [-0.15, -0.1) is 11.3 Å². The number of thiophene rings is 1. The Balaban J connectivity index is 1.69. The van der Waals surface area contributed by atoms with Crippen molar-refractivity contribution >= 4 is 50.8 Å². The van der Waals surface area contributed by atoms with Crippen LogP contribution in [0.4, 0.5) is 5.69 Å². The van der Waals surface area contributed by atoms with Crippen molar-refractivity contribution in [2.75, 3.05) is 24.7 Å². The molecule has 0 saturated carbocycles. The lowest BCUT2D eigenvalue weighted by molar-refractivity contribution is -0.484. The third-order valence-electron chi connectivity index (χ3n) is 6.41. The zero-order valence-electron chi connectivity index (χ0n) is 21.7. The van der Waals surface area contributed by atoms with Gasteiger partial charge in [0.1, 0.15) is 11.4 Å². The van der Waals surface area contributed by atoms with Gasteiger partial charge >= 0.3 is 17.8 Å². The molecular formula is C27H26BrN3O9S. The first kappa shape index (κ1) is 30.0. The molecule has 1 aromatic heterocycles. The van der Waals surface area contributed by atoms with Gasteiger partial charge in [-0.2, -0.15) is 0 Å². The number of nitrogens with zero attached hydrogens (tertiary/aromatic N) is 2. The van der Waals surface area contributed by atoms with Gasteiger partial charge in [-0.3, -0.25) is 4.79 Å². The third-order valence-corrected chi connectivity index (χ3v) is 8.64. The number of hydrazine groups is 1. The predicted octanol–water partition coefficient (Wildman–Crippen LogP) is 4.62. The molecule has 2 heterocycles. The number of benzene rings is 2. The Kier molecular flexibility index (Phi) is 9.57. The molecule has 1 saturated heterocycles. The van der Waals surface area contributed by atoms with Crippen LogP contribution in [0, 0.1) is 23.0 Å². The molecule has 1 amide bonds. The van der Waals surface area contributed by atoms with E-state index < -0.39 is 35.6 Å². The molecule has 1 atom stereocenters. The molecule has 14 heteroatoms. The van der Waals surface area contributed by atoms with Crippen molar-refractivity contribution in [3.05, 3.63) is 73.6 Å². The number of halogens is 1. The van der Waals surface area contributed by atoms with Gasteiger partial charge in [0.15, 0.2) is 28.4 Å². The number of aliphatic carboxylic acids is 1. The molecule has 0 aliphatic carbocycles. The van der Waals surface area contributed by atoms with E-state index in [4.69, 9.17) is 14.6 Å². The summed E-state index contributed by atoms with van der Waals surface area (Å²) in [7, 11) is 0. The van der Waals surface area contributed by atoms with Gasteiger partial charge in [0.05, 0.1) is 9.35 Å². The maximum atomic E-state index is 13.7. The fourth-order valence-electron chi connectivity index (χ4n) is 4.45. The zero-order valence-corrected chi connectivity index (χ0v) is 24.1. The van der Waals surface area contributed by atoms with Crippen LogP contribution < -0.4 is 19.8 Å². The lowest BCUT2D eigenvalue weighted by Crippen LogP contribution is -2.50. The van der Waals surface area contributed by atoms with E-state index in [0.29, 0.717) is 41.4 Å². The van der Waals surface area contributed by atoms with Crippen LogP contribution in [0.25, 0.3) is 10.4 Å². The Morgan fingerprint density at radius 3 is 2.46 bits per heavy atom. The highest BCUT2D eigenvalue weighted by molar-refractivity contribution is 9.10. The first-order valence-electron chi connectivity index (χ1n) is 12.5. The van der Waals surface area contributed by atoms with E-state index in [0.717, 1.165) is 16.9 Å². The van der Waals surface area contributed by atoms with Crippen molar-refractivity contribution in [2.24, 2.45) is 5.92 Å². The largest absolute Gasteiger partial charge is 0.480 e. The van der Waals surface area contributed by atoms with Gasteiger partial charge in [-0.1, -0.05) is 29.8 Å². The maximum absolute atomic E-state index is 13.7. The number of rotatable bonds is 11. The number of aromatic carboxylic acids is 1. The molecule has 0 radical (unpaired) electrons. The van der Waals surface area contributed by atoms with E-state index in [1.807, 2.05) is 6.92 Å². The highest BCUT2D eigenvalue weighted by atomic mass is 79.9. The second-order valence-electron chi connectivity index (χ2n) is 9.27. The van der Waals surface area contributed by atoms with Crippen LogP contribution in [0.5, 0.6) is 11.5 Å². The number of anilines is 1. The van der Waals surface area contributed by atoms with E-state index in [1.165, 1.54) is 12.1 Å². The number of carbonyl (C=O) groups is 3. The molecule has 0 spiro atoms. The van der Waals surface area contributed by atoms with Gasteiger partial charge in [-0.25, -0.2) is 19.7 Å². The van der Waals surface area contributed by atoms with Crippen LogP contribution in [0.1, 0.15) is 28.1 Å². The summed E-state index contributed by atoms with van der Waals surface area (Å²) in [6, 6.07) is 12.9. The molecule has 0 bridgehead atoms. The summed E-state index contributed by atoms with van der Waals surface area (Å²) in [5.41, 5.74) is 1.50. The first-order valence-corrected chi connectivity index (χ1v) is 14.1. The quantitative estimate of drug-likeness (QED) is 0.197. The zero-order chi connectivity index (χ0) is 29.7. The number of hydrogen-bond donors (Lipinski definition) is 3. The lowest BCUT2D eigenvalue weighted by atomic mass is 9.91. The molecule has 3 aromatic rings. The third kappa shape index (κ3) is 7.01. The summed E-state index contributed by atoms with van der Waals surface area (Å²) in [5, 5.41) is 33.7. The Hall–Kier alpha value is -4.01. The SMILES string of the molecule is Cc1ccc(N(C(=O)C(Oc2cccc(-c3sc(C(=O)O)c(OCC(=O)O)c3Br)c2)C2CCNCC2)[N+](=O)[O-])cc1. The molecule has 12 nitrogen and oxygen atoms in total. The average Bonchev–Trinajstić information content (AvgIpc) is 3.28. The van der Waals surface area contributed by atoms with Crippen LogP contribution in [0.3, 0.4) is 0 Å². The Labute approximate surface area is 246 Å². The van der Waals surface area contributed by atoms with Gasteiger partial charge in [0.25, 0.3) is 0 Å². The molecule has 1 aliphatic rings. The highest BCUT2D eigenvalue weighted by Crippen LogP contribution is 2.46. The summed E-state index contributed by atoms with van der Waals surface area (Å²) in [6.45, 7) is 2.36. The van der Waals surface area contributed by atoms with Gasteiger partial charge < -0.3 is 25.0 Å². The number of nitrogens with one attached hydrogen (secondary N) is 1. The van der Waals surface area contributed by atoms with Crippen molar-refractivity contribution < 1.29 is 39.1 Å². The summed E-state index contributed by atoms with van der Waals surface area (Å²) in [6.07, 6.45) is -0.0360. The van der Waals surface area contributed by atoms with Crippen molar-refractivity contribution in [3.8, 4) is 21.9 Å². The summed E-state index contributed by atoms with van der Waals surface area (Å²) in [4.78, 5) is 48.9. The first-order chi connectivity index (χ1) is 19.6. The number of aryl methyl sites for hydroxylation is 1. The molecule has 1 unspecified atom stereocenters. The molecule has 4 rings (SSSR count). The predicted molar refractivity (Wildman–Crippen MR) is 153 cm³/mol. The van der Waals surface area contributed by atoms with Crippen LogP contribution in [-0.2, 0) is 9.59 Å². The molecule has 2 aromatic carbocycles. The fourth-order valence-corrected chi connectivity index (χ4v) is 6.33. The van der Waals surface area contributed by atoms with E-state index in [2.05, 4.69) is 21.2 Å². The van der Waals surface area contributed by atoms with Crippen LogP contribution >= 0.6 is 27.3 Å². The topological polar surface area (TPSA) is 169 Å². The van der Waals surface area contributed by atoms with Gasteiger partial charge in [-0.05, 0) is 83.6 Å². The van der Waals surface area contributed by atoms with Crippen molar-refractivity contribution in [2.45, 2.75) is 25.9 Å². The average molecular weight is 648 g/mol. The van der Waals surface area contributed by atoms with E-state index in [1.54, 1.807) is 36.4 Å². The Bertz CT molecular complexity index is 1450. The number of piperidine rings is 1. The van der Waals surface area contributed by atoms with Crippen molar-refractivity contribution in [1.29, 1.82) is 0 Å². The minimum Gasteiger partial charge on any atom is -0.480 e. The molecule has 1 aliphatic heterocycles. The minimum atomic E-state index is -1.29. The Morgan fingerprint density at radius 2 is 1.85 bits per heavy atom. The number of carboxylic acid groups (broad SMARTS) is 2.